The molecule has 6 heteroatoms. The molecule has 1 heterocycles. The fourth-order valence-electron chi connectivity index (χ4n) is 1.33. The molecule has 3 nitrogen and oxygen atoms in total. The van der Waals surface area contributed by atoms with Crippen molar-refractivity contribution in [3.05, 3.63) is 29.6 Å². The largest absolute Gasteiger partial charge is 0.433 e. The van der Waals surface area contributed by atoms with E-state index in [-0.39, 0.29) is 17.6 Å². The van der Waals surface area contributed by atoms with E-state index in [2.05, 4.69) is 10.3 Å². The molecule has 1 atom stereocenters. The average Bonchev–Trinajstić information content (AvgIpc) is 2.24. The third-order valence-corrected chi connectivity index (χ3v) is 2.28. The minimum atomic E-state index is -4.49. The molecule has 0 unspecified atom stereocenters. The molecule has 0 saturated carbocycles. The van der Waals surface area contributed by atoms with Gasteiger partial charge in [-0.15, -0.1) is 0 Å². The van der Waals surface area contributed by atoms with Crippen LogP contribution in [-0.2, 0) is 6.18 Å². The molecule has 18 heavy (non-hydrogen) atoms. The summed E-state index contributed by atoms with van der Waals surface area (Å²) < 4.78 is 37.3. The lowest BCUT2D eigenvalue weighted by Gasteiger charge is -2.23. The van der Waals surface area contributed by atoms with Crippen molar-refractivity contribution >= 4 is 0 Å². The van der Waals surface area contributed by atoms with Crippen molar-refractivity contribution < 1.29 is 18.3 Å². The number of alkyl halides is 3. The van der Waals surface area contributed by atoms with E-state index in [9.17, 15) is 18.3 Å². The summed E-state index contributed by atoms with van der Waals surface area (Å²) in [7, 11) is 0. The molecule has 1 aromatic rings. The first-order valence-electron chi connectivity index (χ1n) is 5.56. The lowest BCUT2D eigenvalue weighted by molar-refractivity contribution is -0.141. The average molecular weight is 262 g/mol. The highest BCUT2D eigenvalue weighted by Gasteiger charge is 2.32. The Hall–Kier alpha value is -1.14. The van der Waals surface area contributed by atoms with Crippen LogP contribution in [0.4, 0.5) is 13.2 Å². The van der Waals surface area contributed by atoms with Crippen LogP contribution in [0.2, 0.25) is 0 Å². The topological polar surface area (TPSA) is 45.1 Å². The molecule has 0 aliphatic rings. The Kier molecular flexibility index (Phi) is 4.34. The van der Waals surface area contributed by atoms with E-state index in [1.165, 1.54) is 6.07 Å². The van der Waals surface area contributed by atoms with E-state index >= 15 is 0 Å². The van der Waals surface area contributed by atoms with Gasteiger partial charge in [0.1, 0.15) is 5.69 Å². The highest BCUT2D eigenvalue weighted by molar-refractivity contribution is 5.20. The molecule has 0 aliphatic heterocycles. The number of rotatable bonds is 3. The standard InChI is InChI=1S/C12H17F3N2O/c1-11(2,3)17-7-9(18)8-4-5-16-10(6-8)12(13,14)15/h4-6,9,17-18H,7H2,1-3H3/t9-/m0/s1. The summed E-state index contributed by atoms with van der Waals surface area (Å²) in [6.07, 6.45) is -4.43. The van der Waals surface area contributed by atoms with Crippen LogP contribution in [-0.4, -0.2) is 22.2 Å². The number of hydrogen-bond donors (Lipinski definition) is 2. The molecule has 0 spiro atoms. The van der Waals surface area contributed by atoms with E-state index in [4.69, 9.17) is 0 Å². The van der Waals surface area contributed by atoms with Crippen LogP contribution < -0.4 is 5.32 Å². The SMILES string of the molecule is CC(C)(C)NC[C@H](O)c1ccnc(C(F)(F)F)c1. The normalized spacial score (nSPS) is 14.6. The first kappa shape index (κ1) is 14.9. The van der Waals surface area contributed by atoms with Crippen LogP contribution in [0, 0.1) is 0 Å². The number of aromatic nitrogens is 1. The van der Waals surface area contributed by atoms with Gasteiger partial charge in [0.15, 0.2) is 0 Å². The Bertz CT molecular complexity index is 399. The molecule has 0 aliphatic carbocycles. The molecule has 2 N–H and O–H groups in total. The van der Waals surface area contributed by atoms with E-state index in [0.29, 0.717) is 0 Å². The molecule has 0 aromatic carbocycles. The Morgan fingerprint density at radius 2 is 1.94 bits per heavy atom. The predicted octanol–water partition coefficient (Wildman–Crippen LogP) is 2.52. The van der Waals surface area contributed by atoms with Crippen molar-refractivity contribution in [2.75, 3.05) is 6.54 Å². The fourth-order valence-corrected chi connectivity index (χ4v) is 1.33. The number of pyridine rings is 1. The number of β-amino-alcohol motifs (C(OH)–C–C–N with tert-alkyl or cyclic N) is 1. The Labute approximate surface area is 104 Å². The zero-order chi connectivity index (χ0) is 14.0. The predicted molar refractivity (Wildman–Crippen MR) is 62.0 cm³/mol. The molecule has 0 saturated heterocycles. The van der Waals surface area contributed by atoms with Gasteiger partial charge in [0, 0.05) is 18.3 Å². The van der Waals surface area contributed by atoms with Gasteiger partial charge in [-0.2, -0.15) is 13.2 Å². The molecule has 0 radical (unpaired) electrons. The molecular formula is C12H17F3N2O. The lowest BCUT2D eigenvalue weighted by atomic mass is 10.1. The van der Waals surface area contributed by atoms with E-state index in [1.54, 1.807) is 0 Å². The number of aliphatic hydroxyl groups is 1. The second-order valence-corrected chi connectivity index (χ2v) is 5.12. The summed E-state index contributed by atoms with van der Waals surface area (Å²) in [6.45, 7) is 5.92. The van der Waals surface area contributed by atoms with E-state index in [1.807, 2.05) is 20.8 Å². The van der Waals surface area contributed by atoms with Crippen molar-refractivity contribution in [2.24, 2.45) is 0 Å². The minimum absolute atomic E-state index is 0.185. The van der Waals surface area contributed by atoms with Crippen LogP contribution in [0.3, 0.4) is 0 Å². The number of aliphatic hydroxyl groups excluding tert-OH is 1. The van der Waals surface area contributed by atoms with Gasteiger partial charge in [-0.05, 0) is 38.5 Å². The zero-order valence-corrected chi connectivity index (χ0v) is 10.5. The fraction of sp³-hybridized carbons (Fsp3) is 0.583. The summed E-state index contributed by atoms with van der Waals surface area (Å²) >= 11 is 0. The minimum Gasteiger partial charge on any atom is -0.387 e. The Morgan fingerprint density at radius 3 is 2.44 bits per heavy atom. The molecule has 0 bridgehead atoms. The number of nitrogens with zero attached hydrogens (tertiary/aromatic N) is 1. The van der Waals surface area contributed by atoms with Crippen molar-refractivity contribution in [3.8, 4) is 0 Å². The highest BCUT2D eigenvalue weighted by Crippen LogP contribution is 2.28. The van der Waals surface area contributed by atoms with E-state index < -0.39 is 18.0 Å². The van der Waals surface area contributed by atoms with Crippen LogP contribution >= 0.6 is 0 Å². The quantitative estimate of drug-likeness (QED) is 0.879. The second kappa shape index (κ2) is 5.24. The summed E-state index contributed by atoms with van der Waals surface area (Å²) in [6, 6.07) is 2.25. The van der Waals surface area contributed by atoms with Crippen LogP contribution in [0.15, 0.2) is 18.3 Å². The maximum Gasteiger partial charge on any atom is 0.433 e. The monoisotopic (exact) mass is 262 g/mol. The van der Waals surface area contributed by atoms with Gasteiger partial charge in [-0.1, -0.05) is 0 Å². The van der Waals surface area contributed by atoms with Gasteiger partial charge in [0.05, 0.1) is 6.10 Å². The molecule has 1 aromatic heterocycles. The maximum atomic E-state index is 12.4. The summed E-state index contributed by atoms with van der Waals surface area (Å²) in [4.78, 5) is 3.25. The van der Waals surface area contributed by atoms with Gasteiger partial charge in [-0.25, -0.2) is 0 Å². The summed E-state index contributed by atoms with van der Waals surface area (Å²) in [5.41, 5.74) is -0.996. The van der Waals surface area contributed by atoms with E-state index in [0.717, 1.165) is 12.3 Å². The lowest BCUT2D eigenvalue weighted by Crippen LogP contribution is -2.38. The van der Waals surface area contributed by atoms with Gasteiger partial charge in [0.25, 0.3) is 0 Å². The molecule has 0 amide bonds. The zero-order valence-electron chi connectivity index (χ0n) is 10.5. The van der Waals surface area contributed by atoms with Crippen molar-refractivity contribution in [2.45, 2.75) is 38.6 Å². The Balaban J connectivity index is 2.78. The maximum absolute atomic E-state index is 12.4. The van der Waals surface area contributed by atoms with Crippen molar-refractivity contribution in [1.82, 2.24) is 10.3 Å². The first-order chi connectivity index (χ1) is 8.09. The van der Waals surface area contributed by atoms with Crippen LogP contribution in [0.5, 0.6) is 0 Å². The molecule has 0 fully saturated rings. The van der Waals surface area contributed by atoms with Crippen molar-refractivity contribution in [1.29, 1.82) is 0 Å². The molecule has 102 valence electrons. The molecular weight excluding hydrogens is 245 g/mol. The number of halogens is 3. The highest BCUT2D eigenvalue weighted by atomic mass is 19.4. The van der Waals surface area contributed by atoms with Crippen LogP contribution in [0.1, 0.15) is 38.1 Å². The second-order valence-electron chi connectivity index (χ2n) is 5.12. The Morgan fingerprint density at radius 1 is 1.33 bits per heavy atom. The third kappa shape index (κ3) is 4.62. The van der Waals surface area contributed by atoms with Crippen LogP contribution in [0.25, 0.3) is 0 Å². The van der Waals surface area contributed by atoms with Gasteiger partial charge >= 0.3 is 6.18 Å². The third-order valence-electron chi connectivity index (χ3n) is 2.28. The van der Waals surface area contributed by atoms with Gasteiger partial charge in [0.2, 0.25) is 0 Å². The molecule has 1 rings (SSSR count). The van der Waals surface area contributed by atoms with Crippen molar-refractivity contribution in [3.63, 3.8) is 0 Å². The van der Waals surface area contributed by atoms with Gasteiger partial charge < -0.3 is 10.4 Å². The summed E-state index contributed by atoms with van der Waals surface area (Å²) in [5.74, 6) is 0. The first-order valence-corrected chi connectivity index (χ1v) is 5.56. The smallest absolute Gasteiger partial charge is 0.387 e. The van der Waals surface area contributed by atoms with Gasteiger partial charge in [-0.3, -0.25) is 4.98 Å². The number of nitrogens with one attached hydrogen (secondary N) is 1. The summed E-state index contributed by atoms with van der Waals surface area (Å²) in [5, 5.41) is 12.8. The number of hydrogen-bond acceptors (Lipinski definition) is 3.